The van der Waals surface area contributed by atoms with E-state index < -0.39 is 17.1 Å². The van der Waals surface area contributed by atoms with E-state index in [2.05, 4.69) is 25.2 Å². The molecule has 2 bridgehead atoms. The van der Waals surface area contributed by atoms with Crippen molar-refractivity contribution in [3.63, 3.8) is 0 Å². The molecule has 50 heavy (non-hydrogen) atoms. The van der Waals surface area contributed by atoms with E-state index in [4.69, 9.17) is 9.47 Å². The molecule has 2 amide bonds. The van der Waals surface area contributed by atoms with Gasteiger partial charge in [0.15, 0.2) is 5.78 Å². The first-order chi connectivity index (χ1) is 23.9. The lowest BCUT2D eigenvalue weighted by Gasteiger charge is -2.46. The van der Waals surface area contributed by atoms with Crippen molar-refractivity contribution in [1.29, 1.82) is 0 Å². The fourth-order valence-electron chi connectivity index (χ4n) is 7.98. The first-order valence-electron chi connectivity index (χ1n) is 17.9. The molecule has 0 heterocycles. The molecule has 1 fully saturated rings. The number of methoxy groups -OCH3 is 2. The van der Waals surface area contributed by atoms with Gasteiger partial charge in [0, 0.05) is 34.2 Å². The van der Waals surface area contributed by atoms with E-state index >= 15 is 0 Å². The van der Waals surface area contributed by atoms with Crippen molar-refractivity contribution in [3.8, 4) is 11.5 Å². The Bertz CT molecular complexity index is 1690. The number of aliphatic hydroxyl groups is 2. The summed E-state index contributed by atoms with van der Waals surface area (Å²) in [5.41, 5.74) is 3.08. The van der Waals surface area contributed by atoms with Crippen LogP contribution in [-0.4, -0.2) is 65.4 Å². The van der Waals surface area contributed by atoms with Gasteiger partial charge < -0.3 is 29.9 Å². The molecule has 4 unspecified atom stereocenters. The van der Waals surface area contributed by atoms with Crippen LogP contribution in [0.5, 0.6) is 11.5 Å². The van der Waals surface area contributed by atoms with E-state index in [9.17, 15) is 19.8 Å². The molecule has 8 nitrogen and oxygen atoms in total. The van der Waals surface area contributed by atoms with E-state index in [0.29, 0.717) is 54.7 Å². The number of amides is 2. The summed E-state index contributed by atoms with van der Waals surface area (Å²) in [6.45, 7) is 8.41. The van der Waals surface area contributed by atoms with E-state index in [1.807, 2.05) is 74.5 Å². The molecular formula is C42H54N2O6. The van der Waals surface area contributed by atoms with E-state index in [0.717, 1.165) is 29.5 Å². The third-order valence-corrected chi connectivity index (χ3v) is 11.0. The molecule has 0 aliphatic heterocycles. The van der Waals surface area contributed by atoms with Crippen molar-refractivity contribution in [2.45, 2.75) is 103 Å². The number of urea groups is 1. The number of ketones is 1. The number of hydrogen-bond acceptors (Lipinski definition) is 6. The monoisotopic (exact) mass is 682 g/mol. The molecule has 6 rings (SSSR count). The number of rotatable bonds is 9. The van der Waals surface area contributed by atoms with Crippen molar-refractivity contribution >= 4 is 11.8 Å². The summed E-state index contributed by atoms with van der Waals surface area (Å²) in [4.78, 5) is 29.8. The van der Waals surface area contributed by atoms with Crippen LogP contribution in [0.25, 0.3) is 0 Å². The molecule has 0 aromatic heterocycles. The fraction of sp³-hybridized carbons (Fsp3) is 0.476. The summed E-state index contributed by atoms with van der Waals surface area (Å²) in [7, 11) is 3.19. The second-order valence-electron chi connectivity index (χ2n) is 14.8. The maximum Gasteiger partial charge on any atom is 0.317 e. The number of benzene rings is 3. The first kappa shape index (κ1) is 37.1. The molecule has 0 radical (unpaired) electrons. The number of aliphatic hydroxyl groups excluding tert-OH is 1. The number of nitrogens with one attached hydrogen (secondary N) is 1. The lowest BCUT2D eigenvalue weighted by atomic mass is 9.64. The topological polar surface area (TPSA) is 108 Å². The van der Waals surface area contributed by atoms with Crippen molar-refractivity contribution < 1.29 is 29.3 Å². The van der Waals surface area contributed by atoms with Crippen LogP contribution in [0.15, 0.2) is 78.4 Å². The second-order valence-corrected chi connectivity index (χ2v) is 14.8. The Morgan fingerprint density at radius 3 is 2.46 bits per heavy atom. The Morgan fingerprint density at radius 1 is 1.00 bits per heavy atom. The maximum atomic E-state index is 14.2. The highest BCUT2D eigenvalue weighted by atomic mass is 16.5. The molecule has 3 aromatic carbocycles. The maximum absolute atomic E-state index is 14.2. The van der Waals surface area contributed by atoms with Gasteiger partial charge in [0.1, 0.15) is 11.5 Å². The minimum Gasteiger partial charge on any atom is -0.497 e. The van der Waals surface area contributed by atoms with Crippen molar-refractivity contribution in [2.75, 3.05) is 20.8 Å². The Labute approximate surface area is 297 Å². The molecule has 8 heteroatoms. The summed E-state index contributed by atoms with van der Waals surface area (Å²) in [5, 5.41) is 27.0. The highest BCUT2D eigenvalue weighted by Gasteiger charge is 2.57. The van der Waals surface area contributed by atoms with E-state index in [-0.39, 0.29) is 36.9 Å². The minimum atomic E-state index is -1.27. The average molecular weight is 683 g/mol. The molecule has 1 saturated carbocycles. The van der Waals surface area contributed by atoms with Crippen LogP contribution in [-0.2, 0) is 13.0 Å². The van der Waals surface area contributed by atoms with Crippen molar-refractivity contribution in [2.24, 2.45) is 5.41 Å². The fourth-order valence-corrected chi connectivity index (χ4v) is 7.98. The van der Waals surface area contributed by atoms with E-state index in [1.54, 1.807) is 25.2 Å². The molecule has 0 saturated heterocycles. The summed E-state index contributed by atoms with van der Waals surface area (Å²) in [5.74, 6) is 1.03. The third kappa shape index (κ3) is 8.08. The highest BCUT2D eigenvalue weighted by molar-refractivity contribution is 6.10. The quantitative estimate of drug-likeness (QED) is 0.159. The Hall–Kier alpha value is -4.14. The average Bonchev–Trinajstić information content (AvgIpc) is 3.35. The molecule has 3 aromatic rings. The normalized spacial score (nSPS) is 23.8. The van der Waals surface area contributed by atoms with Gasteiger partial charge in [-0.3, -0.25) is 4.79 Å². The number of ether oxygens (including phenoxy) is 2. The number of nitrogens with zero attached hydrogens (tertiary/aromatic N) is 1. The smallest absolute Gasteiger partial charge is 0.317 e. The summed E-state index contributed by atoms with van der Waals surface area (Å²) >= 11 is 0. The van der Waals surface area contributed by atoms with Gasteiger partial charge >= 0.3 is 6.03 Å². The molecule has 0 spiro atoms. The van der Waals surface area contributed by atoms with Gasteiger partial charge in [0.2, 0.25) is 0 Å². The number of hydrogen-bond donors (Lipinski definition) is 3. The number of carbonyl (C=O) groups excluding carboxylic acids is 2. The van der Waals surface area contributed by atoms with Crippen LogP contribution in [0.4, 0.5) is 4.79 Å². The van der Waals surface area contributed by atoms with Crippen LogP contribution < -0.4 is 14.8 Å². The van der Waals surface area contributed by atoms with Crippen molar-refractivity contribution in [3.05, 3.63) is 106 Å². The summed E-state index contributed by atoms with van der Waals surface area (Å²) in [6.07, 6.45) is 6.06. The number of carbonyl (C=O) groups is 2. The molecule has 268 valence electrons. The van der Waals surface area contributed by atoms with Gasteiger partial charge in [0.25, 0.3) is 0 Å². The van der Waals surface area contributed by atoms with Crippen molar-refractivity contribution in [1.82, 2.24) is 10.2 Å². The zero-order valence-electron chi connectivity index (χ0n) is 30.5. The lowest BCUT2D eigenvalue weighted by molar-refractivity contribution is -0.0781. The SMILES string of the molecule is COc1ccc(CN(CC2(O)CCC3c4ccc(cc4C(=O)c4ccccc4)CC(O)CCC(C)=CCCC32C)C(=O)NC(C)C)c(OC)c1. The van der Waals surface area contributed by atoms with Crippen LogP contribution in [0.1, 0.15) is 105 Å². The zero-order chi connectivity index (χ0) is 36.1. The number of fused-ring (bicyclic) bond motifs is 8. The minimum absolute atomic E-state index is 0.0675. The van der Waals surface area contributed by atoms with Crippen LogP contribution in [0.3, 0.4) is 0 Å². The Kier molecular flexibility index (Phi) is 11.7. The molecular weight excluding hydrogens is 628 g/mol. The predicted octanol–water partition coefficient (Wildman–Crippen LogP) is 7.59. The largest absolute Gasteiger partial charge is 0.497 e. The van der Waals surface area contributed by atoms with Gasteiger partial charge in [0.05, 0.1) is 39.0 Å². The third-order valence-electron chi connectivity index (χ3n) is 11.0. The van der Waals surface area contributed by atoms with Crippen LogP contribution in [0, 0.1) is 5.41 Å². The summed E-state index contributed by atoms with van der Waals surface area (Å²) < 4.78 is 11.1. The first-order valence-corrected chi connectivity index (χ1v) is 17.9. The van der Waals surface area contributed by atoms with Crippen LogP contribution in [0.2, 0.25) is 0 Å². The van der Waals surface area contributed by atoms with Gasteiger partial charge in [-0.2, -0.15) is 0 Å². The Morgan fingerprint density at radius 2 is 1.76 bits per heavy atom. The standard InChI is InChI=1S/C42H54N2O6/c1-28(2)43-40(47)44(26-32-16-18-34(49-5)25-38(32)50-6)27-42(48)22-20-37-35-19-15-30(24-36(35)39(46)31-12-8-7-9-13-31)23-33(45)17-14-29(3)11-10-21-41(37,42)4/h7-9,11-13,15-16,18-19,24-25,28,33,37,45,48H,10,14,17,20-23,26-27H2,1-6H3,(H,43,47). The van der Waals surface area contributed by atoms with Gasteiger partial charge in [-0.15, -0.1) is 0 Å². The van der Waals surface area contributed by atoms with E-state index in [1.165, 1.54) is 5.57 Å². The van der Waals surface area contributed by atoms with Gasteiger partial charge in [-0.1, -0.05) is 61.0 Å². The predicted molar refractivity (Wildman–Crippen MR) is 197 cm³/mol. The summed E-state index contributed by atoms with van der Waals surface area (Å²) in [6, 6.07) is 20.5. The van der Waals surface area contributed by atoms with Gasteiger partial charge in [-0.25, -0.2) is 4.79 Å². The van der Waals surface area contributed by atoms with Crippen LogP contribution >= 0.6 is 0 Å². The molecule has 4 atom stereocenters. The molecule has 3 aliphatic carbocycles. The highest BCUT2D eigenvalue weighted by Crippen LogP contribution is 2.59. The lowest BCUT2D eigenvalue weighted by Crippen LogP contribution is -2.55. The molecule has 3 N–H and O–H groups in total. The molecule has 3 aliphatic rings. The van der Waals surface area contributed by atoms with Gasteiger partial charge in [-0.05, 0) is 101 Å². The zero-order valence-corrected chi connectivity index (χ0v) is 30.5. The second kappa shape index (κ2) is 15.8. The number of allylic oxidation sites excluding steroid dienone is 2. The Balaban J connectivity index is 1.60.